The van der Waals surface area contributed by atoms with Gasteiger partial charge in [0.1, 0.15) is 5.82 Å². The van der Waals surface area contributed by atoms with Crippen LogP contribution in [0, 0.1) is 0 Å². The second kappa shape index (κ2) is 7.09. The summed E-state index contributed by atoms with van der Waals surface area (Å²) >= 11 is 0. The summed E-state index contributed by atoms with van der Waals surface area (Å²) in [5.74, 6) is 1.00. The van der Waals surface area contributed by atoms with Crippen LogP contribution >= 0.6 is 0 Å². The van der Waals surface area contributed by atoms with Crippen molar-refractivity contribution in [2.45, 2.75) is 37.6 Å². The Kier molecular flexibility index (Phi) is 4.65. The Morgan fingerprint density at radius 3 is 3.04 bits per heavy atom. The zero-order valence-electron chi connectivity index (χ0n) is 15.1. The third-order valence-corrected chi connectivity index (χ3v) is 5.30. The Balaban J connectivity index is 1.67. The predicted molar refractivity (Wildman–Crippen MR) is 102 cm³/mol. The molecule has 0 saturated heterocycles. The van der Waals surface area contributed by atoms with E-state index in [0.717, 1.165) is 48.2 Å². The molecule has 3 heterocycles. The molecule has 0 aromatic carbocycles. The number of aryl methyl sites for hydroxylation is 1. The summed E-state index contributed by atoms with van der Waals surface area (Å²) in [6, 6.07) is 4.46. The van der Waals surface area contributed by atoms with Crippen molar-refractivity contribution in [3.63, 3.8) is 0 Å². The molecular formula is C19H26N6O. The van der Waals surface area contributed by atoms with Crippen LogP contribution in [0.4, 0.5) is 5.82 Å². The van der Waals surface area contributed by atoms with Crippen LogP contribution in [0.2, 0.25) is 0 Å². The van der Waals surface area contributed by atoms with Crippen molar-refractivity contribution in [2.75, 3.05) is 18.9 Å². The molecule has 1 fully saturated rings. The molecule has 26 heavy (non-hydrogen) atoms. The Hall–Kier alpha value is -2.38. The van der Waals surface area contributed by atoms with Crippen LogP contribution < -0.4 is 11.1 Å². The van der Waals surface area contributed by atoms with Gasteiger partial charge in [-0.05, 0) is 25.3 Å². The SMILES string of the molecule is Cn1ccc(-c2cnn3c(N)cc([C@H]4CCC[C@@H](NCCO)C4)nc23)c1. The highest BCUT2D eigenvalue weighted by Crippen LogP contribution is 2.34. The Morgan fingerprint density at radius 2 is 2.27 bits per heavy atom. The number of hydrogen-bond donors (Lipinski definition) is 3. The lowest BCUT2D eigenvalue weighted by atomic mass is 9.83. The second-order valence-electron chi connectivity index (χ2n) is 7.20. The summed E-state index contributed by atoms with van der Waals surface area (Å²) in [4.78, 5) is 4.95. The van der Waals surface area contributed by atoms with E-state index < -0.39 is 0 Å². The van der Waals surface area contributed by atoms with Crippen molar-refractivity contribution < 1.29 is 5.11 Å². The first-order chi connectivity index (χ1) is 12.7. The molecule has 2 atom stereocenters. The molecule has 0 aliphatic heterocycles. The molecule has 1 aliphatic carbocycles. The maximum atomic E-state index is 9.05. The predicted octanol–water partition coefficient (Wildman–Crippen LogP) is 1.93. The van der Waals surface area contributed by atoms with E-state index in [-0.39, 0.29) is 6.61 Å². The van der Waals surface area contributed by atoms with Gasteiger partial charge in [-0.15, -0.1) is 0 Å². The Morgan fingerprint density at radius 1 is 1.38 bits per heavy atom. The summed E-state index contributed by atoms with van der Waals surface area (Å²) < 4.78 is 3.74. The standard InChI is InChI=1S/C19H26N6O/c1-24-7-5-14(12-24)16-11-22-25-18(20)10-17(23-19(16)25)13-3-2-4-15(9-13)21-6-8-26/h5,7,10-13,15,21,26H,2-4,6,8-9,20H2,1H3/t13-,15+/m0/s1. The van der Waals surface area contributed by atoms with Crippen LogP contribution in [0.1, 0.15) is 37.3 Å². The lowest BCUT2D eigenvalue weighted by Crippen LogP contribution is -2.35. The number of anilines is 1. The third-order valence-electron chi connectivity index (χ3n) is 5.30. The number of aliphatic hydroxyl groups excluding tert-OH is 1. The maximum Gasteiger partial charge on any atom is 0.165 e. The fourth-order valence-corrected chi connectivity index (χ4v) is 3.99. The van der Waals surface area contributed by atoms with Crippen molar-refractivity contribution in [1.82, 2.24) is 24.5 Å². The number of aliphatic hydroxyl groups is 1. The molecule has 0 bridgehead atoms. The third kappa shape index (κ3) is 3.20. The lowest BCUT2D eigenvalue weighted by Gasteiger charge is -2.29. The van der Waals surface area contributed by atoms with Gasteiger partial charge < -0.3 is 20.7 Å². The molecule has 3 aromatic rings. The van der Waals surface area contributed by atoms with Crippen LogP contribution in [-0.4, -0.2) is 43.5 Å². The monoisotopic (exact) mass is 354 g/mol. The first-order valence-electron chi connectivity index (χ1n) is 9.26. The molecule has 4 rings (SSSR count). The molecule has 0 radical (unpaired) electrons. The molecule has 138 valence electrons. The fraction of sp³-hybridized carbons (Fsp3) is 0.474. The van der Waals surface area contributed by atoms with E-state index in [4.69, 9.17) is 15.8 Å². The first-order valence-corrected chi connectivity index (χ1v) is 9.26. The molecule has 1 saturated carbocycles. The lowest BCUT2D eigenvalue weighted by molar-refractivity contribution is 0.265. The Bertz CT molecular complexity index is 899. The summed E-state index contributed by atoms with van der Waals surface area (Å²) in [6.07, 6.45) is 10.4. The van der Waals surface area contributed by atoms with Crippen molar-refractivity contribution in [3.05, 3.63) is 36.4 Å². The van der Waals surface area contributed by atoms with Gasteiger partial charge in [-0.1, -0.05) is 6.42 Å². The number of hydrogen-bond acceptors (Lipinski definition) is 5. The van der Waals surface area contributed by atoms with E-state index in [1.54, 1.807) is 4.52 Å². The normalized spacial score (nSPS) is 20.7. The van der Waals surface area contributed by atoms with Crippen molar-refractivity contribution >= 4 is 11.5 Å². The number of rotatable bonds is 5. The largest absolute Gasteiger partial charge is 0.395 e. The second-order valence-corrected chi connectivity index (χ2v) is 7.20. The van der Waals surface area contributed by atoms with Crippen LogP contribution in [0.5, 0.6) is 0 Å². The molecule has 7 heteroatoms. The molecule has 0 spiro atoms. The van der Waals surface area contributed by atoms with Crippen LogP contribution in [-0.2, 0) is 7.05 Å². The van der Waals surface area contributed by atoms with Gasteiger partial charge in [0.2, 0.25) is 0 Å². The highest BCUT2D eigenvalue weighted by Gasteiger charge is 2.25. The highest BCUT2D eigenvalue weighted by molar-refractivity contribution is 5.77. The van der Waals surface area contributed by atoms with Crippen LogP contribution in [0.25, 0.3) is 16.8 Å². The molecule has 0 unspecified atom stereocenters. The zero-order valence-corrected chi connectivity index (χ0v) is 15.1. The van der Waals surface area contributed by atoms with Crippen LogP contribution in [0.15, 0.2) is 30.7 Å². The van der Waals surface area contributed by atoms with E-state index >= 15 is 0 Å². The molecular weight excluding hydrogens is 328 g/mol. The van der Waals surface area contributed by atoms with Gasteiger partial charge >= 0.3 is 0 Å². The summed E-state index contributed by atoms with van der Waals surface area (Å²) in [5, 5.41) is 16.9. The number of nitrogen functional groups attached to an aromatic ring is 1. The number of fused-ring (bicyclic) bond motifs is 1. The first kappa shape index (κ1) is 17.1. The van der Waals surface area contributed by atoms with Gasteiger partial charge in [0.05, 0.1) is 12.8 Å². The number of nitrogens with one attached hydrogen (secondary N) is 1. The zero-order chi connectivity index (χ0) is 18.1. The smallest absolute Gasteiger partial charge is 0.165 e. The van der Waals surface area contributed by atoms with E-state index in [9.17, 15) is 0 Å². The van der Waals surface area contributed by atoms with E-state index in [1.165, 1.54) is 0 Å². The van der Waals surface area contributed by atoms with Crippen molar-refractivity contribution in [3.8, 4) is 11.1 Å². The van der Waals surface area contributed by atoms with Gasteiger partial charge in [0.25, 0.3) is 0 Å². The van der Waals surface area contributed by atoms with Crippen LogP contribution in [0.3, 0.4) is 0 Å². The minimum absolute atomic E-state index is 0.175. The van der Waals surface area contributed by atoms with Gasteiger partial charge in [0.15, 0.2) is 5.65 Å². The maximum absolute atomic E-state index is 9.05. The summed E-state index contributed by atoms with van der Waals surface area (Å²) in [7, 11) is 2.00. The summed E-state index contributed by atoms with van der Waals surface area (Å²) in [5.41, 5.74) is 10.2. The van der Waals surface area contributed by atoms with Gasteiger partial charge in [-0.2, -0.15) is 9.61 Å². The summed E-state index contributed by atoms with van der Waals surface area (Å²) in [6.45, 7) is 0.821. The minimum Gasteiger partial charge on any atom is -0.395 e. The molecule has 1 aliphatic rings. The van der Waals surface area contributed by atoms with Gasteiger partial charge in [-0.25, -0.2) is 4.98 Å². The molecule has 0 amide bonds. The van der Waals surface area contributed by atoms with Gasteiger partial charge in [0, 0.05) is 60.8 Å². The van der Waals surface area contributed by atoms with Crippen molar-refractivity contribution in [2.24, 2.45) is 7.05 Å². The number of nitrogens with two attached hydrogens (primary N) is 1. The van der Waals surface area contributed by atoms with Crippen molar-refractivity contribution in [1.29, 1.82) is 0 Å². The van der Waals surface area contributed by atoms with E-state index in [0.29, 0.717) is 24.3 Å². The quantitative estimate of drug-likeness (QED) is 0.651. The minimum atomic E-state index is 0.175. The topological polar surface area (TPSA) is 93.4 Å². The van der Waals surface area contributed by atoms with Gasteiger partial charge in [-0.3, -0.25) is 0 Å². The molecule has 3 aromatic heterocycles. The van der Waals surface area contributed by atoms with E-state index in [2.05, 4.69) is 22.7 Å². The highest BCUT2D eigenvalue weighted by atomic mass is 16.3. The fourth-order valence-electron chi connectivity index (χ4n) is 3.99. The number of aromatic nitrogens is 4. The average molecular weight is 354 g/mol. The Labute approximate surface area is 152 Å². The molecule has 4 N–H and O–H groups in total. The average Bonchev–Trinajstić information content (AvgIpc) is 3.26. The van der Waals surface area contributed by atoms with E-state index in [1.807, 2.05) is 30.1 Å². The number of nitrogens with zero attached hydrogens (tertiary/aromatic N) is 4. The molecule has 7 nitrogen and oxygen atoms in total.